The molecule has 1 heterocycles. The van der Waals surface area contributed by atoms with Gasteiger partial charge in [-0.2, -0.15) is 5.26 Å². The molecule has 0 atom stereocenters. The summed E-state index contributed by atoms with van der Waals surface area (Å²) in [5.41, 5.74) is 3.41. The van der Waals surface area contributed by atoms with E-state index in [-0.39, 0.29) is 16.8 Å². The summed E-state index contributed by atoms with van der Waals surface area (Å²) in [6, 6.07) is 3.95. The fourth-order valence-corrected chi connectivity index (χ4v) is 2.36. The second kappa shape index (κ2) is 6.28. The van der Waals surface area contributed by atoms with Gasteiger partial charge in [-0.25, -0.2) is 4.79 Å². The predicted molar refractivity (Wildman–Crippen MR) is 84.3 cm³/mol. The average molecular weight is 345 g/mol. The zero-order valence-electron chi connectivity index (χ0n) is 13.0. The van der Waals surface area contributed by atoms with Crippen molar-refractivity contribution in [3.63, 3.8) is 0 Å². The largest absolute Gasteiger partial charge is 0.464 e. The van der Waals surface area contributed by atoms with E-state index in [1.165, 1.54) is 6.92 Å². The van der Waals surface area contributed by atoms with Gasteiger partial charge in [-0.15, -0.1) is 0 Å². The third-order valence-corrected chi connectivity index (χ3v) is 3.39. The fraction of sp³-hybridized carbons (Fsp3) is 0.143. The molecule has 0 saturated heterocycles. The number of nitrogens with two attached hydrogens (primary N) is 1. The number of nitrogens with zero attached hydrogens (tertiary/aromatic N) is 4. The maximum Gasteiger partial charge on any atom is 0.357 e. The van der Waals surface area contributed by atoms with Crippen molar-refractivity contribution in [2.75, 3.05) is 12.8 Å². The van der Waals surface area contributed by atoms with E-state index in [0.717, 1.165) is 30.0 Å². The van der Waals surface area contributed by atoms with E-state index in [1.54, 1.807) is 6.07 Å². The number of aromatic nitrogens is 1. The molecule has 0 unspecified atom stereocenters. The third-order valence-electron chi connectivity index (χ3n) is 3.39. The van der Waals surface area contributed by atoms with Gasteiger partial charge in [0.1, 0.15) is 6.07 Å². The molecule has 0 fully saturated rings. The van der Waals surface area contributed by atoms with Crippen molar-refractivity contribution in [2.45, 2.75) is 6.92 Å². The zero-order chi connectivity index (χ0) is 18.9. The van der Waals surface area contributed by atoms with Crippen LogP contribution in [0.2, 0.25) is 0 Å². The molecule has 11 nitrogen and oxygen atoms in total. The number of rotatable bonds is 4. The van der Waals surface area contributed by atoms with E-state index < -0.39 is 38.6 Å². The minimum Gasteiger partial charge on any atom is -0.464 e. The Hall–Kier alpha value is -3.94. The second-order valence-corrected chi connectivity index (χ2v) is 4.94. The van der Waals surface area contributed by atoms with Crippen LogP contribution in [0.15, 0.2) is 18.3 Å². The van der Waals surface area contributed by atoms with E-state index >= 15 is 0 Å². The molecule has 0 aliphatic carbocycles. The number of carbonyl (C=O) groups is 1. The smallest absolute Gasteiger partial charge is 0.357 e. The number of methoxy groups -OCH3 is 1. The number of aryl methyl sites for hydroxylation is 1. The molecule has 1 aromatic carbocycles. The molecule has 0 spiro atoms. The standard InChI is InChI=1S/C14H11N5O6/c1-7-3-9(18(21)22)12(10(4-7)19(23)24)17-6-8(5-15)11(16)13(17)14(20)25-2/h3-4,6H,16H2,1-2H3. The SMILES string of the molecule is COC(=O)c1c(N)c(C#N)cn1-c1c([N+](=O)[O-])cc(C)cc1[N+](=O)[O-]. The van der Waals surface area contributed by atoms with Crippen LogP contribution < -0.4 is 5.73 Å². The highest BCUT2D eigenvalue weighted by atomic mass is 16.6. The molecular formula is C14H11N5O6. The van der Waals surface area contributed by atoms with Gasteiger partial charge < -0.3 is 10.5 Å². The number of esters is 1. The van der Waals surface area contributed by atoms with Crippen molar-refractivity contribution in [1.82, 2.24) is 4.57 Å². The van der Waals surface area contributed by atoms with Crippen LogP contribution in [-0.4, -0.2) is 27.5 Å². The summed E-state index contributed by atoms with van der Waals surface area (Å²) < 4.78 is 5.42. The number of carbonyl (C=O) groups excluding carboxylic acids is 1. The van der Waals surface area contributed by atoms with Crippen LogP contribution in [0, 0.1) is 38.5 Å². The number of hydrogen-bond acceptors (Lipinski definition) is 8. The second-order valence-electron chi connectivity index (χ2n) is 4.94. The maximum absolute atomic E-state index is 12.0. The monoisotopic (exact) mass is 345 g/mol. The lowest BCUT2D eigenvalue weighted by atomic mass is 10.1. The summed E-state index contributed by atoms with van der Waals surface area (Å²) in [4.78, 5) is 33.2. The molecule has 0 amide bonds. The Labute approximate surface area is 140 Å². The van der Waals surface area contributed by atoms with Gasteiger partial charge in [0.2, 0.25) is 5.69 Å². The van der Waals surface area contributed by atoms with E-state index in [4.69, 9.17) is 11.0 Å². The van der Waals surface area contributed by atoms with Crippen LogP contribution >= 0.6 is 0 Å². The van der Waals surface area contributed by atoms with Crippen molar-refractivity contribution in [3.8, 4) is 11.8 Å². The van der Waals surface area contributed by atoms with Gasteiger partial charge >= 0.3 is 17.3 Å². The van der Waals surface area contributed by atoms with Gasteiger partial charge in [-0.05, 0) is 12.5 Å². The number of benzene rings is 1. The van der Waals surface area contributed by atoms with E-state index in [1.807, 2.05) is 0 Å². The maximum atomic E-state index is 12.0. The molecule has 1 aromatic heterocycles. The van der Waals surface area contributed by atoms with Gasteiger partial charge in [0.15, 0.2) is 5.69 Å². The van der Waals surface area contributed by atoms with Crippen molar-refractivity contribution in [1.29, 1.82) is 5.26 Å². The van der Waals surface area contributed by atoms with Gasteiger partial charge in [-0.3, -0.25) is 24.8 Å². The molecule has 2 N–H and O–H groups in total. The number of ether oxygens (including phenoxy) is 1. The predicted octanol–water partition coefficient (Wildman–Crippen LogP) is 1.84. The normalized spacial score (nSPS) is 10.1. The lowest BCUT2D eigenvalue weighted by Gasteiger charge is -2.10. The van der Waals surface area contributed by atoms with Crippen LogP contribution in [0.1, 0.15) is 21.6 Å². The summed E-state index contributed by atoms with van der Waals surface area (Å²) in [5, 5.41) is 31.9. The van der Waals surface area contributed by atoms with Gasteiger partial charge in [0, 0.05) is 18.3 Å². The lowest BCUT2D eigenvalue weighted by Crippen LogP contribution is -2.13. The summed E-state index contributed by atoms with van der Waals surface area (Å²) in [7, 11) is 1.04. The molecule has 2 aromatic rings. The van der Waals surface area contributed by atoms with Crippen LogP contribution in [0.4, 0.5) is 17.1 Å². The molecule has 11 heteroatoms. The highest BCUT2D eigenvalue weighted by Gasteiger charge is 2.32. The molecular weight excluding hydrogens is 334 g/mol. The summed E-state index contributed by atoms with van der Waals surface area (Å²) >= 11 is 0. The van der Waals surface area contributed by atoms with Crippen LogP contribution in [-0.2, 0) is 4.74 Å². The Morgan fingerprint density at radius 1 is 1.28 bits per heavy atom. The quantitative estimate of drug-likeness (QED) is 0.497. The molecule has 128 valence electrons. The minimum atomic E-state index is -0.997. The minimum absolute atomic E-state index is 0.176. The molecule has 0 radical (unpaired) electrons. The topological polar surface area (TPSA) is 167 Å². The van der Waals surface area contributed by atoms with Crippen molar-refractivity contribution < 1.29 is 19.4 Å². The first-order valence-corrected chi connectivity index (χ1v) is 6.66. The highest BCUT2D eigenvalue weighted by Crippen LogP contribution is 2.37. The summed E-state index contributed by atoms with van der Waals surface area (Å²) in [6.07, 6.45) is 1.02. The van der Waals surface area contributed by atoms with Crippen molar-refractivity contribution in [3.05, 3.63) is 55.4 Å². The zero-order valence-corrected chi connectivity index (χ0v) is 13.0. The summed E-state index contributed by atoms with van der Waals surface area (Å²) in [6.45, 7) is 1.45. The molecule has 0 aliphatic rings. The van der Waals surface area contributed by atoms with Gasteiger partial charge in [0.25, 0.3) is 0 Å². The van der Waals surface area contributed by atoms with Crippen molar-refractivity contribution >= 4 is 23.0 Å². The number of nitriles is 1. The summed E-state index contributed by atoms with van der Waals surface area (Å²) in [5.74, 6) is -0.997. The Kier molecular flexibility index (Phi) is 4.38. The Bertz CT molecular complexity index is 920. The molecule has 0 saturated carbocycles. The number of nitro benzene ring substituents is 2. The number of nitro groups is 2. The number of anilines is 1. The molecule has 2 rings (SSSR count). The molecule has 25 heavy (non-hydrogen) atoms. The first-order chi connectivity index (χ1) is 11.7. The highest BCUT2D eigenvalue weighted by molar-refractivity contribution is 5.96. The first kappa shape index (κ1) is 17.4. The Balaban J connectivity index is 3.01. The lowest BCUT2D eigenvalue weighted by molar-refractivity contribution is -0.393. The van der Waals surface area contributed by atoms with Crippen LogP contribution in [0.5, 0.6) is 0 Å². The van der Waals surface area contributed by atoms with Crippen LogP contribution in [0.3, 0.4) is 0 Å². The van der Waals surface area contributed by atoms with E-state index in [2.05, 4.69) is 4.74 Å². The van der Waals surface area contributed by atoms with Crippen LogP contribution in [0.25, 0.3) is 5.69 Å². The Morgan fingerprint density at radius 3 is 2.20 bits per heavy atom. The molecule has 0 bridgehead atoms. The number of nitrogen functional groups attached to an aromatic ring is 1. The number of hydrogen-bond donors (Lipinski definition) is 1. The first-order valence-electron chi connectivity index (χ1n) is 6.66. The van der Waals surface area contributed by atoms with Gasteiger partial charge in [-0.1, -0.05) is 0 Å². The average Bonchev–Trinajstić information content (AvgIpc) is 2.89. The van der Waals surface area contributed by atoms with Gasteiger partial charge in [0.05, 0.1) is 28.2 Å². The van der Waals surface area contributed by atoms with E-state index in [9.17, 15) is 25.0 Å². The third kappa shape index (κ3) is 2.83. The fourth-order valence-electron chi connectivity index (χ4n) is 2.36. The van der Waals surface area contributed by atoms with E-state index in [0.29, 0.717) is 0 Å². The van der Waals surface area contributed by atoms with Crippen molar-refractivity contribution in [2.24, 2.45) is 0 Å². The molecule has 0 aliphatic heterocycles. The Morgan fingerprint density at radius 2 is 1.80 bits per heavy atom.